The second-order valence-electron chi connectivity index (χ2n) is 7.68. The molecule has 1 N–H and O–H groups in total. The molecule has 0 bridgehead atoms. The summed E-state index contributed by atoms with van der Waals surface area (Å²) >= 11 is 0. The maximum Gasteiger partial charge on any atom is 0.249 e. The van der Waals surface area contributed by atoms with Crippen molar-refractivity contribution in [1.82, 2.24) is 0 Å². The molecule has 2 aromatic carbocycles. The summed E-state index contributed by atoms with van der Waals surface area (Å²) in [4.78, 5) is 13.2. The quantitative estimate of drug-likeness (QED) is 0.780. The van der Waals surface area contributed by atoms with Gasteiger partial charge >= 0.3 is 0 Å². The van der Waals surface area contributed by atoms with Gasteiger partial charge < -0.3 is 14.8 Å². The van der Waals surface area contributed by atoms with Crippen LogP contribution in [0.5, 0.6) is 11.5 Å². The van der Waals surface area contributed by atoms with Gasteiger partial charge in [0.2, 0.25) is 15.9 Å². The van der Waals surface area contributed by atoms with Gasteiger partial charge in [-0.2, -0.15) is 0 Å². The van der Waals surface area contributed by atoms with Gasteiger partial charge in [0.25, 0.3) is 0 Å². The molecule has 0 spiro atoms. The highest BCUT2D eigenvalue weighted by atomic mass is 32.2. The Balaban J connectivity index is 1.95. The van der Waals surface area contributed by atoms with Crippen molar-refractivity contribution in [3.63, 3.8) is 0 Å². The van der Waals surface area contributed by atoms with Gasteiger partial charge in [0.1, 0.15) is 0 Å². The Morgan fingerprint density at radius 3 is 2.30 bits per heavy atom. The van der Waals surface area contributed by atoms with E-state index in [4.69, 9.17) is 9.47 Å². The first-order valence-electron chi connectivity index (χ1n) is 9.77. The summed E-state index contributed by atoms with van der Waals surface area (Å²) in [7, 11) is -0.924. The molecule has 1 aliphatic heterocycles. The van der Waals surface area contributed by atoms with Gasteiger partial charge in [-0.1, -0.05) is 18.2 Å². The Morgan fingerprint density at radius 1 is 1.07 bits per heavy atom. The van der Waals surface area contributed by atoms with Crippen molar-refractivity contribution >= 4 is 27.3 Å². The van der Waals surface area contributed by atoms with Gasteiger partial charge in [-0.15, -0.1) is 0 Å². The molecule has 162 valence electrons. The summed E-state index contributed by atoms with van der Waals surface area (Å²) in [5.41, 5.74) is 2.83. The number of ether oxygens (including phenoxy) is 2. The van der Waals surface area contributed by atoms with Crippen LogP contribution in [0.3, 0.4) is 0 Å². The third-order valence-electron chi connectivity index (χ3n) is 5.69. The van der Waals surface area contributed by atoms with E-state index in [9.17, 15) is 13.2 Å². The van der Waals surface area contributed by atoms with E-state index in [0.717, 1.165) is 11.1 Å². The standard InChI is InChI=1S/C22H28N2O5S/c1-15-8-6-9-16(2)20(15)24-13-7-12-22(3,30(24,26)27)21(25)23-17-10-11-18(28-4)19(14-17)29-5/h6,8-11,14H,7,12-13H2,1-5H3,(H,23,25)/t22-/m0/s1. The Hall–Kier alpha value is -2.74. The van der Waals surface area contributed by atoms with Crippen molar-refractivity contribution in [3.8, 4) is 11.5 Å². The molecule has 1 saturated heterocycles. The molecule has 1 fully saturated rings. The summed E-state index contributed by atoms with van der Waals surface area (Å²) in [6.07, 6.45) is 0.832. The lowest BCUT2D eigenvalue weighted by molar-refractivity contribution is -0.118. The number of benzene rings is 2. The molecule has 2 aromatic rings. The summed E-state index contributed by atoms with van der Waals surface area (Å²) in [6, 6.07) is 10.6. The molecule has 0 unspecified atom stereocenters. The molecular weight excluding hydrogens is 404 g/mol. The number of sulfonamides is 1. The smallest absolute Gasteiger partial charge is 0.249 e. The van der Waals surface area contributed by atoms with Crippen LogP contribution in [0, 0.1) is 13.8 Å². The highest BCUT2D eigenvalue weighted by Crippen LogP contribution is 2.39. The molecule has 0 aromatic heterocycles. The first-order valence-corrected chi connectivity index (χ1v) is 11.2. The lowest BCUT2D eigenvalue weighted by atomic mass is 10.0. The molecule has 1 heterocycles. The third-order valence-corrected chi connectivity index (χ3v) is 8.16. The Morgan fingerprint density at radius 2 is 1.70 bits per heavy atom. The van der Waals surface area contributed by atoms with Gasteiger partial charge in [0.15, 0.2) is 16.2 Å². The minimum Gasteiger partial charge on any atom is -0.493 e. The molecule has 30 heavy (non-hydrogen) atoms. The first kappa shape index (κ1) is 22.0. The maximum atomic E-state index is 13.6. The average Bonchev–Trinajstić information content (AvgIpc) is 2.70. The lowest BCUT2D eigenvalue weighted by Gasteiger charge is -2.40. The number of methoxy groups -OCH3 is 2. The van der Waals surface area contributed by atoms with E-state index < -0.39 is 20.7 Å². The van der Waals surface area contributed by atoms with Crippen LogP contribution in [0.2, 0.25) is 0 Å². The van der Waals surface area contributed by atoms with Crippen LogP contribution in [0.4, 0.5) is 11.4 Å². The van der Waals surface area contributed by atoms with Crippen LogP contribution in [-0.4, -0.2) is 39.8 Å². The number of para-hydroxylation sites is 1. The van der Waals surface area contributed by atoms with E-state index in [-0.39, 0.29) is 6.42 Å². The van der Waals surface area contributed by atoms with Crippen LogP contribution in [0.15, 0.2) is 36.4 Å². The minimum atomic E-state index is -3.94. The number of carbonyl (C=O) groups excluding carboxylic acids is 1. The first-order chi connectivity index (χ1) is 14.2. The fraction of sp³-hybridized carbons (Fsp3) is 0.409. The second kappa shape index (κ2) is 8.18. The van der Waals surface area contributed by atoms with E-state index in [0.29, 0.717) is 35.8 Å². The summed E-state index contributed by atoms with van der Waals surface area (Å²) in [6.45, 7) is 5.62. The van der Waals surface area contributed by atoms with Gasteiger partial charge in [-0.3, -0.25) is 9.10 Å². The molecule has 1 amide bonds. The molecule has 0 radical (unpaired) electrons. The number of rotatable bonds is 5. The number of hydrogen-bond acceptors (Lipinski definition) is 5. The van der Waals surface area contributed by atoms with E-state index in [2.05, 4.69) is 5.32 Å². The Bertz CT molecular complexity index is 1050. The van der Waals surface area contributed by atoms with Gasteiger partial charge in [-0.05, 0) is 56.9 Å². The number of anilines is 2. The SMILES string of the molecule is COc1ccc(NC(=O)[C@]2(C)CCCN(c3c(C)cccc3C)S2(=O)=O)cc1OC. The fourth-order valence-electron chi connectivity index (χ4n) is 3.89. The third kappa shape index (κ3) is 3.60. The molecule has 1 atom stereocenters. The Kier molecular flexibility index (Phi) is 5.99. The number of aryl methyl sites for hydroxylation is 2. The summed E-state index contributed by atoms with van der Waals surface area (Å²) < 4.78 is 37.5. The molecule has 1 aliphatic rings. The molecular formula is C22H28N2O5S. The van der Waals surface area contributed by atoms with E-state index in [1.807, 2.05) is 32.0 Å². The van der Waals surface area contributed by atoms with Crippen LogP contribution in [-0.2, 0) is 14.8 Å². The van der Waals surface area contributed by atoms with Crippen LogP contribution < -0.4 is 19.1 Å². The van der Waals surface area contributed by atoms with Crippen molar-refractivity contribution in [2.24, 2.45) is 0 Å². The van der Waals surface area contributed by atoms with Crippen LogP contribution in [0.1, 0.15) is 30.9 Å². The van der Waals surface area contributed by atoms with E-state index >= 15 is 0 Å². The Labute approximate surface area is 178 Å². The van der Waals surface area contributed by atoms with Crippen molar-refractivity contribution in [2.45, 2.75) is 38.4 Å². The summed E-state index contributed by atoms with van der Waals surface area (Å²) in [5, 5.41) is 2.75. The number of carbonyl (C=O) groups is 1. The van der Waals surface area contributed by atoms with Gasteiger partial charge in [0, 0.05) is 18.3 Å². The topological polar surface area (TPSA) is 84.9 Å². The predicted octanol–water partition coefficient (Wildman–Crippen LogP) is 3.65. The van der Waals surface area contributed by atoms with Gasteiger partial charge in [-0.25, -0.2) is 8.42 Å². The number of amides is 1. The zero-order valence-corrected chi connectivity index (χ0v) is 18.8. The lowest BCUT2D eigenvalue weighted by Crippen LogP contribution is -2.57. The molecule has 8 heteroatoms. The molecule has 3 rings (SSSR count). The molecule has 0 saturated carbocycles. The van der Waals surface area contributed by atoms with Crippen molar-refractivity contribution in [3.05, 3.63) is 47.5 Å². The van der Waals surface area contributed by atoms with Crippen LogP contribution >= 0.6 is 0 Å². The molecule has 7 nitrogen and oxygen atoms in total. The zero-order valence-electron chi connectivity index (χ0n) is 18.0. The van der Waals surface area contributed by atoms with Crippen molar-refractivity contribution < 1.29 is 22.7 Å². The highest BCUT2D eigenvalue weighted by molar-refractivity contribution is 7.95. The number of nitrogens with one attached hydrogen (secondary N) is 1. The monoisotopic (exact) mass is 432 g/mol. The largest absolute Gasteiger partial charge is 0.493 e. The molecule has 0 aliphatic carbocycles. The van der Waals surface area contributed by atoms with Gasteiger partial charge in [0.05, 0.1) is 19.9 Å². The minimum absolute atomic E-state index is 0.246. The van der Waals surface area contributed by atoms with E-state index in [1.54, 1.807) is 18.2 Å². The zero-order chi connectivity index (χ0) is 22.1. The van der Waals surface area contributed by atoms with Crippen molar-refractivity contribution in [1.29, 1.82) is 0 Å². The number of nitrogens with zero attached hydrogens (tertiary/aromatic N) is 1. The normalized spacial score (nSPS) is 20.5. The van der Waals surface area contributed by atoms with Crippen LogP contribution in [0.25, 0.3) is 0 Å². The van der Waals surface area contributed by atoms with E-state index in [1.165, 1.54) is 25.4 Å². The van der Waals surface area contributed by atoms with Crippen molar-refractivity contribution in [2.75, 3.05) is 30.4 Å². The average molecular weight is 433 g/mol. The summed E-state index contributed by atoms with van der Waals surface area (Å²) in [5.74, 6) is 0.406. The highest BCUT2D eigenvalue weighted by Gasteiger charge is 2.52. The predicted molar refractivity (Wildman–Crippen MR) is 118 cm³/mol. The fourth-order valence-corrected chi connectivity index (χ4v) is 5.96. The number of hydrogen-bond donors (Lipinski definition) is 1. The maximum absolute atomic E-state index is 13.6. The second-order valence-corrected chi connectivity index (χ2v) is 9.97.